The van der Waals surface area contributed by atoms with Gasteiger partial charge in [0, 0.05) is 6.92 Å². The van der Waals surface area contributed by atoms with Crippen LogP contribution in [0.25, 0.3) is 0 Å². The molecule has 0 heterocycles. The van der Waals surface area contributed by atoms with E-state index in [2.05, 4.69) is 12.2 Å². The molecular weight excluding hydrogens is 190 g/mol. The van der Waals surface area contributed by atoms with Gasteiger partial charge in [0.2, 0.25) is 5.91 Å². The van der Waals surface area contributed by atoms with E-state index in [0.29, 0.717) is 0 Å². The van der Waals surface area contributed by atoms with Crippen molar-refractivity contribution in [1.29, 1.82) is 0 Å². The summed E-state index contributed by atoms with van der Waals surface area (Å²) in [5.41, 5.74) is 0.727. The maximum atomic E-state index is 11.0. The minimum atomic E-state index is -0.0878. The first-order valence-corrected chi connectivity index (χ1v) is 5.16. The molecule has 0 radical (unpaired) electrons. The highest BCUT2D eigenvalue weighted by Crippen LogP contribution is 2.25. The molecule has 1 amide bonds. The Morgan fingerprint density at radius 3 is 2.73 bits per heavy atom. The van der Waals surface area contributed by atoms with E-state index in [9.17, 15) is 4.79 Å². The van der Waals surface area contributed by atoms with Crippen LogP contribution in [-0.2, 0) is 4.79 Å². The molecule has 0 spiro atoms. The fourth-order valence-electron chi connectivity index (χ4n) is 1.16. The van der Waals surface area contributed by atoms with Gasteiger partial charge in [-0.3, -0.25) is 4.79 Å². The summed E-state index contributed by atoms with van der Waals surface area (Å²) in [7, 11) is 0. The topological polar surface area (TPSA) is 38.3 Å². The average Bonchev–Trinajstić information content (AvgIpc) is 2.20. The summed E-state index contributed by atoms with van der Waals surface area (Å²) in [6.45, 7) is 5.55. The third kappa shape index (κ3) is 3.62. The molecule has 0 aliphatic carbocycles. The monoisotopic (exact) mass is 207 g/mol. The molecule has 1 rings (SSSR count). The minimum Gasteiger partial charge on any atom is -0.489 e. The maximum absolute atomic E-state index is 11.0. The number of rotatable bonds is 4. The lowest BCUT2D eigenvalue weighted by Gasteiger charge is -2.15. The van der Waals surface area contributed by atoms with Crippen LogP contribution in [0.15, 0.2) is 24.3 Å². The summed E-state index contributed by atoms with van der Waals surface area (Å²) in [6.07, 6.45) is 1.09. The van der Waals surface area contributed by atoms with Gasteiger partial charge in [-0.2, -0.15) is 0 Å². The van der Waals surface area contributed by atoms with Crippen LogP contribution in [0.3, 0.4) is 0 Å². The first kappa shape index (κ1) is 11.6. The number of nitrogens with one attached hydrogen (secondary N) is 1. The largest absolute Gasteiger partial charge is 0.489 e. The Morgan fingerprint density at radius 1 is 1.47 bits per heavy atom. The lowest BCUT2D eigenvalue weighted by Crippen LogP contribution is -2.13. The highest BCUT2D eigenvalue weighted by molar-refractivity contribution is 5.90. The summed E-state index contributed by atoms with van der Waals surface area (Å²) in [5, 5.41) is 2.74. The Morgan fingerprint density at radius 2 is 2.13 bits per heavy atom. The fraction of sp³-hybridized carbons (Fsp3) is 0.417. The SMILES string of the molecule is CCC(C)Oc1ccccc1NC(C)=O. The van der Waals surface area contributed by atoms with E-state index < -0.39 is 0 Å². The number of hydrogen-bond acceptors (Lipinski definition) is 2. The molecule has 3 nitrogen and oxygen atoms in total. The van der Waals surface area contributed by atoms with E-state index in [-0.39, 0.29) is 12.0 Å². The molecule has 1 unspecified atom stereocenters. The Hall–Kier alpha value is -1.51. The second kappa shape index (κ2) is 5.39. The molecule has 0 aliphatic rings. The third-order valence-electron chi connectivity index (χ3n) is 2.10. The number of amides is 1. The molecule has 0 aliphatic heterocycles. The molecule has 1 aromatic rings. The van der Waals surface area contributed by atoms with Crippen molar-refractivity contribution in [3.05, 3.63) is 24.3 Å². The van der Waals surface area contributed by atoms with Crippen LogP contribution in [0.4, 0.5) is 5.69 Å². The number of carbonyl (C=O) groups is 1. The van der Waals surface area contributed by atoms with Gasteiger partial charge < -0.3 is 10.1 Å². The van der Waals surface area contributed by atoms with Gasteiger partial charge >= 0.3 is 0 Å². The van der Waals surface area contributed by atoms with Crippen LogP contribution in [0.1, 0.15) is 27.2 Å². The molecule has 1 atom stereocenters. The number of benzene rings is 1. The van der Waals surface area contributed by atoms with E-state index in [1.54, 1.807) is 0 Å². The summed E-state index contributed by atoms with van der Waals surface area (Å²) < 4.78 is 5.68. The summed E-state index contributed by atoms with van der Waals surface area (Å²) in [5.74, 6) is 0.636. The summed E-state index contributed by atoms with van der Waals surface area (Å²) in [6, 6.07) is 7.45. The highest BCUT2D eigenvalue weighted by atomic mass is 16.5. The normalized spacial score (nSPS) is 11.9. The molecular formula is C12H17NO2. The number of para-hydroxylation sites is 2. The zero-order valence-electron chi connectivity index (χ0n) is 9.41. The van der Waals surface area contributed by atoms with Gasteiger partial charge in [-0.1, -0.05) is 19.1 Å². The van der Waals surface area contributed by atoms with Crippen LogP contribution < -0.4 is 10.1 Å². The molecule has 15 heavy (non-hydrogen) atoms. The lowest BCUT2D eigenvalue weighted by molar-refractivity contribution is -0.114. The van der Waals surface area contributed by atoms with Crippen molar-refractivity contribution in [2.75, 3.05) is 5.32 Å². The molecule has 0 saturated heterocycles. The van der Waals surface area contributed by atoms with E-state index in [4.69, 9.17) is 4.74 Å². The van der Waals surface area contributed by atoms with E-state index in [1.807, 2.05) is 31.2 Å². The van der Waals surface area contributed by atoms with Gasteiger partial charge in [0.1, 0.15) is 5.75 Å². The summed E-state index contributed by atoms with van der Waals surface area (Å²) in [4.78, 5) is 11.0. The smallest absolute Gasteiger partial charge is 0.221 e. The minimum absolute atomic E-state index is 0.0878. The standard InChI is InChI=1S/C12H17NO2/c1-4-9(2)15-12-8-6-5-7-11(12)13-10(3)14/h5-9H,4H2,1-3H3,(H,13,14). The van der Waals surface area contributed by atoms with Crippen molar-refractivity contribution in [2.24, 2.45) is 0 Å². The van der Waals surface area contributed by atoms with Crippen molar-refractivity contribution in [3.63, 3.8) is 0 Å². The Balaban J connectivity index is 2.81. The predicted molar refractivity (Wildman–Crippen MR) is 61.1 cm³/mol. The van der Waals surface area contributed by atoms with Crippen LogP contribution in [0.5, 0.6) is 5.75 Å². The predicted octanol–water partition coefficient (Wildman–Crippen LogP) is 2.82. The third-order valence-corrected chi connectivity index (χ3v) is 2.10. The Kier molecular flexibility index (Phi) is 4.16. The highest BCUT2D eigenvalue weighted by Gasteiger charge is 2.06. The van der Waals surface area contributed by atoms with E-state index >= 15 is 0 Å². The number of ether oxygens (including phenoxy) is 1. The number of hydrogen-bond donors (Lipinski definition) is 1. The zero-order chi connectivity index (χ0) is 11.3. The molecule has 3 heteroatoms. The van der Waals surface area contributed by atoms with Crippen molar-refractivity contribution >= 4 is 11.6 Å². The first-order valence-electron chi connectivity index (χ1n) is 5.16. The second-order valence-corrected chi connectivity index (χ2v) is 3.51. The second-order valence-electron chi connectivity index (χ2n) is 3.51. The number of carbonyl (C=O) groups excluding carboxylic acids is 1. The number of anilines is 1. The van der Waals surface area contributed by atoms with Crippen LogP contribution in [0.2, 0.25) is 0 Å². The van der Waals surface area contributed by atoms with E-state index in [0.717, 1.165) is 17.9 Å². The van der Waals surface area contributed by atoms with Crippen molar-refractivity contribution in [2.45, 2.75) is 33.3 Å². The average molecular weight is 207 g/mol. The van der Waals surface area contributed by atoms with Gasteiger partial charge in [0.15, 0.2) is 0 Å². The van der Waals surface area contributed by atoms with Gasteiger partial charge in [-0.05, 0) is 25.5 Å². The summed E-state index contributed by atoms with van der Waals surface area (Å²) >= 11 is 0. The lowest BCUT2D eigenvalue weighted by atomic mass is 10.2. The van der Waals surface area contributed by atoms with Crippen molar-refractivity contribution < 1.29 is 9.53 Å². The quantitative estimate of drug-likeness (QED) is 0.824. The van der Waals surface area contributed by atoms with Gasteiger partial charge in [0.05, 0.1) is 11.8 Å². The van der Waals surface area contributed by atoms with Crippen molar-refractivity contribution in [3.8, 4) is 5.75 Å². The molecule has 1 N–H and O–H groups in total. The van der Waals surface area contributed by atoms with Crippen molar-refractivity contribution in [1.82, 2.24) is 0 Å². The molecule has 0 saturated carbocycles. The molecule has 0 fully saturated rings. The Bertz CT molecular complexity index is 336. The van der Waals surface area contributed by atoms with Crippen LogP contribution in [0, 0.1) is 0 Å². The molecule has 0 aromatic heterocycles. The molecule has 82 valence electrons. The Labute approximate surface area is 90.4 Å². The molecule has 0 bridgehead atoms. The van der Waals surface area contributed by atoms with E-state index in [1.165, 1.54) is 6.92 Å². The van der Waals surface area contributed by atoms with Crippen LogP contribution in [-0.4, -0.2) is 12.0 Å². The zero-order valence-corrected chi connectivity index (χ0v) is 9.41. The van der Waals surface area contributed by atoms with Gasteiger partial charge in [-0.15, -0.1) is 0 Å². The first-order chi connectivity index (χ1) is 7.13. The molecule has 1 aromatic carbocycles. The maximum Gasteiger partial charge on any atom is 0.221 e. The van der Waals surface area contributed by atoms with Crippen LogP contribution >= 0.6 is 0 Å². The van der Waals surface area contributed by atoms with Gasteiger partial charge in [-0.25, -0.2) is 0 Å². The fourth-order valence-corrected chi connectivity index (χ4v) is 1.16. The van der Waals surface area contributed by atoms with Gasteiger partial charge in [0.25, 0.3) is 0 Å².